The minimum Gasteiger partial charge on any atom is -0.508 e. The molecule has 0 atom stereocenters. The van der Waals surface area contributed by atoms with Crippen LogP contribution in [0.15, 0.2) is 53.6 Å². The third-order valence-corrected chi connectivity index (χ3v) is 2.67. The van der Waals surface area contributed by atoms with Gasteiger partial charge in [-0.1, -0.05) is 18.2 Å². The van der Waals surface area contributed by atoms with Crippen LogP contribution < -0.4 is 10.7 Å². The van der Waals surface area contributed by atoms with Crippen molar-refractivity contribution in [3.8, 4) is 5.75 Å². The standard InChI is InChI=1S/C15H15N3O2/c1-11-4-2-3-5-14(11)17-15(20)18-16-10-12-6-8-13(19)9-7-12/h2-10,19H,1H3,(H2,17,18,20). The minimum absolute atomic E-state index is 0.187. The van der Waals surface area contributed by atoms with Crippen LogP contribution >= 0.6 is 0 Å². The Morgan fingerprint density at radius 1 is 1.15 bits per heavy atom. The van der Waals surface area contributed by atoms with Crippen molar-refractivity contribution < 1.29 is 9.90 Å². The number of phenols is 1. The Morgan fingerprint density at radius 2 is 1.85 bits per heavy atom. The van der Waals surface area contributed by atoms with Crippen molar-refractivity contribution in [2.75, 3.05) is 5.32 Å². The summed E-state index contributed by atoms with van der Waals surface area (Å²) in [6, 6.07) is 13.6. The van der Waals surface area contributed by atoms with Gasteiger partial charge in [0, 0.05) is 5.69 Å². The van der Waals surface area contributed by atoms with Crippen LogP contribution in [0.1, 0.15) is 11.1 Å². The molecule has 0 fully saturated rings. The van der Waals surface area contributed by atoms with E-state index in [9.17, 15) is 4.79 Å². The van der Waals surface area contributed by atoms with E-state index in [1.54, 1.807) is 24.3 Å². The van der Waals surface area contributed by atoms with Gasteiger partial charge in [-0.05, 0) is 48.4 Å². The lowest BCUT2D eigenvalue weighted by Gasteiger charge is -2.06. The zero-order valence-electron chi connectivity index (χ0n) is 11.0. The van der Waals surface area contributed by atoms with Gasteiger partial charge in [0.05, 0.1) is 6.21 Å². The number of aryl methyl sites for hydroxylation is 1. The maximum atomic E-state index is 11.6. The Balaban J connectivity index is 1.89. The smallest absolute Gasteiger partial charge is 0.339 e. The number of anilines is 1. The number of nitrogens with zero attached hydrogens (tertiary/aromatic N) is 1. The van der Waals surface area contributed by atoms with Crippen molar-refractivity contribution in [1.29, 1.82) is 0 Å². The predicted octanol–water partition coefficient (Wildman–Crippen LogP) is 2.86. The highest BCUT2D eigenvalue weighted by Gasteiger charge is 2.01. The van der Waals surface area contributed by atoms with Crippen LogP contribution in [0.25, 0.3) is 0 Å². The number of carbonyl (C=O) groups is 1. The van der Waals surface area contributed by atoms with Gasteiger partial charge < -0.3 is 10.4 Å². The molecule has 102 valence electrons. The Labute approximate surface area is 117 Å². The molecule has 0 aliphatic rings. The number of benzene rings is 2. The van der Waals surface area contributed by atoms with Gasteiger partial charge in [-0.2, -0.15) is 5.10 Å². The van der Waals surface area contributed by atoms with E-state index in [1.807, 2.05) is 31.2 Å². The number of rotatable bonds is 3. The Morgan fingerprint density at radius 3 is 2.55 bits per heavy atom. The molecule has 0 aliphatic heterocycles. The number of aromatic hydroxyl groups is 1. The Bertz CT molecular complexity index is 621. The molecule has 2 aromatic carbocycles. The Hall–Kier alpha value is -2.82. The monoisotopic (exact) mass is 269 g/mol. The lowest BCUT2D eigenvalue weighted by atomic mass is 10.2. The summed E-state index contributed by atoms with van der Waals surface area (Å²) in [6.07, 6.45) is 1.50. The van der Waals surface area contributed by atoms with E-state index in [4.69, 9.17) is 5.11 Å². The predicted molar refractivity (Wildman–Crippen MR) is 79.0 cm³/mol. The second-order valence-electron chi connectivity index (χ2n) is 4.23. The molecule has 0 saturated carbocycles. The van der Waals surface area contributed by atoms with Gasteiger partial charge in [0.15, 0.2) is 0 Å². The molecule has 0 spiro atoms. The molecule has 20 heavy (non-hydrogen) atoms. The summed E-state index contributed by atoms with van der Waals surface area (Å²) in [4.78, 5) is 11.6. The zero-order chi connectivity index (χ0) is 14.4. The largest absolute Gasteiger partial charge is 0.508 e. The highest BCUT2D eigenvalue weighted by atomic mass is 16.3. The molecule has 0 aliphatic carbocycles. The first-order chi connectivity index (χ1) is 9.65. The second-order valence-corrected chi connectivity index (χ2v) is 4.23. The van der Waals surface area contributed by atoms with Crippen molar-refractivity contribution in [3.63, 3.8) is 0 Å². The summed E-state index contributed by atoms with van der Waals surface area (Å²) >= 11 is 0. The molecule has 0 radical (unpaired) electrons. The highest BCUT2D eigenvalue weighted by molar-refractivity contribution is 5.91. The molecule has 0 bridgehead atoms. The van der Waals surface area contributed by atoms with E-state index >= 15 is 0 Å². The summed E-state index contributed by atoms with van der Waals surface area (Å²) in [5.74, 6) is 0.187. The summed E-state index contributed by atoms with van der Waals surface area (Å²) in [5.41, 5.74) is 4.87. The lowest BCUT2D eigenvalue weighted by Crippen LogP contribution is -2.24. The minimum atomic E-state index is -0.408. The third kappa shape index (κ3) is 3.84. The van der Waals surface area contributed by atoms with Gasteiger partial charge in [0.2, 0.25) is 0 Å². The van der Waals surface area contributed by atoms with E-state index in [2.05, 4.69) is 15.8 Å². The number of phenolic OH excluding ortho intramolecular Hbond substituents is 1. The van der Waals surface area contributed by atoms with Crippen molar-refractivity contribution in [3.05, 3.63) is 59.7 Å². The fourth-order valence-corrected chi connectivity index (χ4v) is 1.59. The van der Waals surface area contributed by atoms with Crippen LogP contribution in [0.3, 0.4) is 0 Å². The SMILES string of the molecule is Cc1ccccc1NC(=O)NN=Cc1ccc(O)cc1. The Kier molecular flexibility index (Phi) is 4.34. The molecule has 5 nitrogen and oxygen atoms in total. The van der Waals surface area contributed by atoms with Crippen molar-refractivity contribution in [2.24, 2.45) is 5.10 Å². The summed E-state index contributed by atoms with van der Waals surface area (Å²) < 4.78 is 0. The molecule has 3 N–H and O–H groups in total. The molecular weight excluding hydrogens is 254 g/mol. The number of hydrazone groups is 1. The first-order valence-electron chi connectivity index (χ1n) is 6.10. The molecular formula is C15H15N3O2. The van der Waals surface area contributed by atoms with E-state index in [1.165, 1.54) is 6.21 Å². The number of amides is 2. The fraction of sp³-hybridized carbons (Fsp3) is 0.0667. The van der Waals surface area contributed by atoms with E-state index in [0.29, 0.717) is 0 Å². The van der Waals surface area contributed by atoms with Crippen LogP contribution in [-0.4, -0.2) is 17.4 Å². The van der Waals surface area contributed by atoms with Crippen LogP contribution in [0.2, 0.25) is 0 Å². The quantitative estimate of drug-likeness (QED) is 0.592. The molecule has 5 heteroatoms. The maximum Gasteiger partial charge on any atom is 0.339 e. The average molecular weight is 269 g/mol. The fourth-order valence-electron chi connectivity index (χ4n) is 1.59. The number of nitrogens with one attached hydrogen (secondary N) is 2. The zero-order valence-corrected chi connectivity index (χ0v) is 11.0. The average Bonchev–Trinajstić information content (AvgIpc) is 2.44. The normalized spacial score (nSPS) is 10.4. The molecule has 2 amide bonds. The molecule has 2 aromatic rings. The maximum absolute atomic E-state index is 11.6. The molecule has 0 aromatic heterocycles. The van der Waals surface area contributed by atoms with Gasteiger partial charge in [-0.25, -0.2) is 10.2 Å². The first kappa shape index (κ1) is 13.6. The van der Waals surface area contributed by atoms with Crippen LogP contribution in [0.5, 0.6) is 5.75 Å². The number of hydrogen-bond donors (Lipinski definition) is 3. The van der Waals surface area contributed by atoms with Crippen LogP contribution in [0.4, 0.5) is 10.5 Å². The van der Waals surface area contributed by atoms with E-state index < -0.39 is 6.03 Å². The topological polar surface area (TPSA) is 73.7 Å². The van der Waals surface area contributed by atoms with Gasteiger partial charge in [-0.3, -0.25) is 0 Å². The van der Waals surface area contributed by atoms with E-state index in [0.717, 1.165) is 16.8 Å². The third-order valence-electron chi connectivity index (χ3n) is 2.67. The van der Waals surface area contributed by atoms with Gasteiger partial charge in [0.1, 0.15) is 5.75 Å². The van der Waals surface area contributed by atoms with Gasteiger partial charge in [0.25, 0.3) is 0 Å². The highest BCUT2D eigenvalue weighted by Crippen LogP contribution is 2.12. The summed E-state index contributed by atoms with van der Waals surface area (Å²) in [5, 5.41) is 15.7. The van der Waals surface area contributed by atoms with E-state index in [-0.39, 0.29) is 5.75 Å². The molecule has 0 saturated heterocycles. The molecule has 2 rings (SSSR count). The number of hydrogen-bond acceptors (Lipinski definition) is 3. The van der Waals surface area contributed by atoms with Crippen molar-refractivity contribution in [1.82, 2.24) is 5.43 Å². The van der Waals surface area contributed by atoms with Crippen molar-refractivity contribution >= 4 is 17.9 Å². The summed E-state index contributed by atoms with van der Waals surface area (Å²) in [6.45, 7) is 1.91. The number of para-hydroxylation sites is 1. The van der Waals surface area contributed by atoms with Gasteiger partial charge >= 0.3 is 6.03 Å². The number of urea groups is 1. The lowest BCUT2D eigenvalue weighted by molar-refractivity contribution is 0.252. The number of carbonyl (C=O) groups excluding carboxylic acids is 1. The van der Waals surface area contributed by atoms with Crippen LogP contribution in [-0.2, 0) is 0 Å². The molecule has 0 unspecified atom stereocenters. The van der Waals surface area contributed by atoms with Gasteiger partial charge in [-0.15, -0.1) is 0 Å². The summed E-state index contributed by atoms with van der Waals surface area (Å²) in [7, 11) is 0. The molecule has 0 heterocycles. The first-order valence-corrected chi connectivity index (χ1v) is 6.10. The second kappa shape index (κ2) is 6.38. The van der Waals surface area contributed by atoms with Crippen LogP contribution in [0, 0.1) is 6.92 Å². The van der Waals surface area contributed by atoms with Crippen molar-refractivity contribution in [2.45, 2.75) is 6.92 Å².